The van der Waals surface area contributed by atoms with E-state index in [-0.39, 0.29) is 28.8 Å². The van der Waals surface area contributed by atoms with Gasteiger partial charge >= 0.3 is 12.2 Å². The molecular formula is C30H36BrF3N5O5-. The molecule has 0 N–H and O–H groups in total. The SMILES string of the molecule is C=Cc1cc2c(N3CCC4(CC3)CN(C(=O)[O-])C4)nc(OC3CCN(C4CCOCC4)CC3)nc2c(OCC(F)(F)F)c1Br. The summed E-state index contributed by atoms with van der Waals surface area (Å²) in [6.45, 7) is 7.73. The smallest absolute Gasteiger partial charge is 0.422 e. The number of carbonyl (C=O) groups is 1. The average molecular weight is 684 g/mol. The van der Waals surface area contributed by atoms with Crippen molar-refractivity contribution in [2.45, 2.75) is 56.8 Å². The molecule has 10 nitrogen and oxygen atoms in total. The van der Waals surface area contributed by atoms with Crippen LogP contribution >= 0.6 is 15.9 Å². The first-order valence-electron chi connectivity index (χ1n) is 15.1. The fourth-order valence-corrected chi connectivity index (χ4v) is 7.46. The Bertz CT molecular complexity index is 1380. The largest absolute Gasteiger partial charge is 0.530 e. The predicted octanol–water partition coefficient (Wildman–Crippen LogP) is 4.24. The number of carboxylic acid groups (broad SMARTS) is 1. The first kappa shape index (κ1) is 31.2. The molecule has 4 aliphatic rings. The van der Waals surface area contributed by atoms with Crippen molar-refractivity contribution >= 4 is 44.8 Å². The predicted molar refractivity (Wildman–Crippen MR) is 159 cm³/mol. The van der Waals surface area contributed by atoms with Gasteiger partial charge in [-0.25, -0.2) is 0 Å². The van der Waals surface area contributed by atoms with Crippen molar-refractivity contribution in [3.8, 4) is 11.8 Å². The van der Waals surface area contributed by atoms with Gasteiger partial charge in [0.2, 0.25) is 0 Å². The normalized spacial score (nSPS) is 21.8. The van der Waals surface area contributed by atoms with Gasteiger partial charge in [0.25, 0.3) is 0 Å². The second kappa shape index (κ2) is 12.5. The molecule has 5 heterocycles. The average Bonchev–Trinajstić information content (AvgIpc) is 2.99. The molecule has 0 unspecified atom stereocenters. The Balaban J connectivity index is 1.29. The van der Waals surface area contributed by atoms with Crippen molar-refractivity contribution in [2.24, 2.45) is 5.41 Å². The van der Waals surface area contributed by atoms with Crippen LogP contribution in [0, 0.1) is 5.41 Å². The number of carbonyl (C=O) groups excluding carboxylic acids is 1. The van der Waals surface area contributed by atoms with E-state index in [4.69, 9.17) is 19.2 Å². The second-order valence-electron chi connectivity index (χ2n) is 12.2. The van der Waals surface area contributed by atoms with Crippen LogP contribution in [0.15, 0.2) is 17.1 Å². The fraction of sp³-hybridized carbons (Fsp3) is 0.633. The van der Waals surface area contributed by atoms with E-state index in [1.807, 2.05) is 0 Å². The molecule has 0 bridgehead atoms. The van der Waals surface area contributed by atoms with E-state index >= 15 is 0 Å². The highest BCUT2D eigenvalue weighted by Crippen LogP contribution is 2.45. The van der Waals surface area contributed by atoms with Crippen LogP contribution in [0.5, 0.6) is 11.8 Å². The molecule has 1 aromatic carbocycles. The summed E-state index contributed by atoms with van der Waals surface area (Å²) in [5.41, 5.74) is 0.664. The van der Waals surface area contributed by atoms with Crippen LogP contribution in [0.1, 0.15) is 44.1 Å². The Hall–Kier alpha value is -2.84. The molecule has 0 atom stereocenters. The maximum Gasteiger partial charge on any atom is 0.422 e. The number of rotatable bonds is 7. The quantitative estimate of drug-likeness (QED) is 0.424. The number of halogens is 4. The second-order valence-corrected chi connectivity index (χ2v) is 13.0. The van der Waals surface area contributed by atoms with Gasteiger partial charge < -0.3 is 33.9 Å². The summed E-state index contributed by atoms with van der Waals surface area (Å²) >= 11 is 3.42. The van der Waals surface area contributed by atoms with E-state index < -0.39 is 18.9 Å². The van der Waals surface area contributed by atoms with Gasteiger partial charge in [0.1, 0.15) is 23.5 Å². The molecule has 0 radical (unpaired) electrons. The molecule has 0 saturated carbocycles. The molecule has 0 aliphatic carbocycles. The Labute approximate surface area is 262 Å². The molecule has 6 rings (SSSR count). The summed E-state index contributed by atoms with van der Waals surface area (Å²) in [5.74, 6) is 0.498. The van der Waals surface area contributed by atoms with Gasteiger partial charge in [-0.05, 0) is 66.1 Å². The van der Waals surface area contributed by atoms with Gasteiger partial charge in [-0.15, -0.1) is 0 Å². The van der Waals surface area contributed by atoms with Crippen molar-refractivity contribution < 1.29 is 37.3 Å². The third-order valence-electron chi connectivity index (χ3n) is 9.36. The number of anilines is 1. The summed E-state index contributed by atoms with van der Waals surface area (Å²) < 4.78 is 57.4. The fourth-order valence-electron chi connectivity index (χ4n) is 6.89. The summed E-state index contributed by atoms with van der Waals surface area (Å²) in [7, 11) is 0. The number of piperidine rings is 2. The van der Waals surface area contributed by atoms with E-state index in [0.29, 0.717) is 53.5 Å². The molecule has 1 aromatic heterocycles. The number of hydrogen-bond acceptors (Lipinski definition) is 9. The Kier molecular flexibility index (Phi) is 8.86. The summed E-state index contributed by atoms with van der Waals surface area (Å²) in [5, 5.41) is 11.8. The van der Waals surface area contributed by atoms with Gasteiger partial charge in [0.05, 0.1) is 4.47 Å². The highest BCUT2D eigenvalue weighted by Gasteiger charge is 2.45. The zero-order chi connectivity index (χ0) is 31.1. The van der Waals surface area contributed by atoms with Crippen LogP contribution in [0.3, 0.4) is 0 Å². The van der Waals surface area contributed by atoms with Crippen molar-refractivity contribution in [1.82, 2.24) is 19.8 Å². The van der Waals surface area contributed by atoms with E-state index in [9.17, 15) is 23.1 Å². The van der Waals surface area contributed by atoms with Crippen LogP contribution in [0.25, 0.3) is 17.0 Å². The monoisotopic (exact) mass is 682 g/mol. The number of benzene rings is 1. The van der Waals surface area contributed by atoms with Gasteiger partial charge in [-0.2, -0.15) is 23.1 Å². The highest BCUT2D eigenvalue weighted by molar-refractivity contribution is 9.10. The van der Waals surface area contributed by atoms with E-state index in [1.54, 1.807) is 12.1 Å². The molecule has 44 heavy (non-hydrogen) atoms. The number of likely N-dealkylation sites (tertiary alicyclic amines) is 2. The number of alkyl halides is 3. The Morgan fingerprint density at radius 1 is 1.14 bits per heavy atom. The first-order valence-corrected chi connectivity index (χ1v) is 15.9. The standard InChI is InChI=1S/C30H37BrF3N5O5/c1-2-19-15-22-24(25(23(19)31)43-18-30(32,33)34)35-27(44-21-3-9-37(10-4-21)20-5-13-42-14-6-20)36-26(22)38-11-7-29(8-12-38)16-39(17-29)28(40)41/h2,15,20-21H,1,3-14,16-18H2,(H,40,41)/p-1. The minimum Gasteiger partial charge on any atom is -0.530 e. The van der Waals surface area contributed by atoms with Crippen LogP contribution in [-0.2, 0) is 4.74 Å². The van der Waals surface area contributed by atoms with Gasteiger partial charge in [-0.1, -0.05) is 12.7 Å². The molecular weight excluding hydrogens is 647 g/mol. The van der Waals surface area contributed by atoms with Crippen LogP contribution in [0.2, 0.25) is 0 Å². The molecule has 2 aromatic rings. The van der Waals surface area contributed by atoms with Crippen LogP contribution in [0.4, 0.5) is 23.8 Å². The maximum atomic E-state index is 13.3. The number of fused-ring (bicyclic) bond motifs is 1. The van der Waals surface area contributed by atoms with Crippen molar-refractivity contribution in [3.63, 3.8) is 0 Å². The lowest BCUT2D eigenvalue weighted by molar-refractivity contribution is -0.276. The maximum absolute atomic E-state index is 13.3. The minimum absolute atomic E-state index is 0.0466. The minimum atomic E-state index is -4.55. The van der Waals surface area contributed by atoms with E-state index in [2.05, 4.69) is 37.3 Å². The van der Waals surface area contributed by atoms with Gasteiger partial charge in [0, 0.05) is 69.3 Å². The van der Waals surface area contributed by atoms with Crippen molar-refractivity contribution in [2.75, 3.05) is 64.0 Å². The number of ether oxygens (including phenoxy) is 3. The third-order valence-corrected chi connectivity index (χ3v) is 10.2. The molecule has 4 fully saturated rings. The molecule has 14 heteroatoms. The summed E-state index contributed by atoms with van der Waals surface area (Å²) in [4.78, 5) is 26.6. The molecule has 240 valence electrons. The number of amides is 1. The van der Waals surface area contributed by atoms with Crippen molar-refractivity contribution in [3.05, 3.63) is 22.7 Å². The van der Waals surface area contributed by atoms with E-state index in [0.717, 1.165) is 64.8 Å². The van der Waals surface area contributed by atoms with Gasteiger partial charge in [0.15, 0.2) is 12.4 Å². The third kappa shape index (κ3) is 6.57. The highest BCUT2D eigenvalue weighted by atomic mass is 79.9. The molecule has 1 amide bonds. The summed E-state index contributed by atoms with van der Waals surface area (Å²) in [6.07, 6.45) is 0.788. The van der Waals surface area contributed by atoms with E-state index in [1.165, 1.54) is 4.90 Å². The lowest BCUT2D eigenvalue weighted by atomic mass is 9.72. The zero-order valence-electron chi connectivity index (χ0n) is 24.4. The Morgan fingerprint density at radius 2 is 1.82 bits per heavy atom. The van der Waals surface area contributed by atoms with Crippen LogP contribution < -0.4 is 19.5 Å². The number of nitrogens with zero attached hydrogens (tertiary/aromatic N) is 5. The van der Waals surface area contributed by atoms with Crippen LogP contribution in [-0.4, -0.2) is 103 Å². The molecule has 1 spiro atoms. The molecule has 4 saturated heterocycles. The zero-order valence-corrected chi connectivity index (χ0v) is 26.0. The van der Waals surface area contributed by atoms with Crippen molar-refractivity contribution in [1.29, 1.82) is 0 Å². The lowest BCUT2D eigenvalue weighted by Crippen LogP contribution is -2.64. The Morgan fingerprint density at radius 3 is 2.43 bits per heavy atom. The molecule has 4 aliphatic heterocycles. The van der Waals surface area contributed by atoms with Gasteiger partial charge in [-0.3, -0.25) is 4.90 Å². The first-order chi connectivity index (χ1) is 21.0. The lowest BCUT2D eigenvalue weighted by Gasteiger charge is -2.55. The number of aromatic nitrogens is 2. The number of hydrogen-bond donors (Lipinski definition) is 0. The topological polar surface area (TPSA) is 103 Å². The summed E-state index contributed by atoms with van der Waals surface area (Å²) in [6, 6.07) is 2.40.